The van der Waals surface area contributed by atoms with E-state index < -0.39 is 5.60 Å². The van der Waals surface area contributed by atoms with E-state index in [0.717, 1.165) is 5.56 Å². The predicted molar refractivity (Wildman–Crippen MR) is 60.5 cm³/mol. The first-order valence-electron chi connectivity index (χ1n) is 5.06. The summed E-state index contributed by atoms with van der Waals surface area (Å²) in [4.78, 5) is 0. The van der Waals surface area contributed by atoms with Gasteiger partial charge in [0.1, 0.15) is 5.82 Å². The van der Waals surface area contributed by atoms with Gasteiger partial charge in [-0.3, -0.25) is 0 Å². The highest BCUT2D eigenvalue weighted by atomic mass is 19.1. The second kappa shape index (κ2) is 4.19. The van der Waals surface area contributed by atoms with Crippen molar-refractivity contribution in [1.29, 1.82) is 0 Å². The lowest BCUT2D eigenvalue weighted by Gasteiger charge is -2.27. The molecule has 0 aliphatic heterocycles. The molecule has 0 heterocycles. The average molecular weight is 211 g/mol. The molecular weight excluding hydrogens is 193 g/mol. The van der Waals surface area contributed by atoms with Crippen molar-refractivity contribution in [3.8, 4) is 0 Å². The van der Waals surface area contributed by atoms with Crippen molar-refractivity contribution >= 4 is 5.69 Å². The minimum atomic E-state index is -0.879. The van der Waals surface area contributed by atoms with E-state index in [1.807, 2.05) is 13.8 Å². The zero-order chi connectivity index (χ0) is 11.6. The summed E-state index contributed by atoms with van der Waals surface area (Å²) in [7, 11) is 0. The zero-order valence-electron chi connectivity index (χ0n) is 9.63. The number of anilines is 1. The monoisotopic (exact) mass is 211 g/mol. The standard InChI is InChI=1S/C12H18FNO/c1-8-5-6-10(13)11(7-8)14-9(2)12(3,4)15/h5-7,9,14-15H,1-4H3. The Morgan fingerprint density at radius 1 is 1.40 bits per heavy atom. The lowest BCUT2D eigenvalue weighted by molar-refractivity contribution is 0.0648. The van der Waals surface area contributed by atoms with Crippen LogP contribution in [0, 0.1) is 12.7 Å². The van der Waals surface area contributed by atoms with Crippen molar-refractivity contribution in [3.05, 3.63) is 29.6 Å². The molecule has 2 nitrogen and oxygen atoms in total. The highest BCUT2D eigenvalue weighted by Crippen LogP contribution is 2.20. The van der Waals surface area contributed by atoms with E-state index in [1.165, 1.54) is 6.07 Å². The minimum absolute atomic E-state index is 0.214. The van der Waals surface area contributed by atoms with Gasteiger partial charge in [-0.25, -0.2) is 4.39 Å². The molecule has 0 aliphatic carbocycles. The van der Waals surface area contributed by atoms with E-state index in [1.54, 1.807) is 26.0 Å². The summed E-state index contributed by atoms with van der Waals surface area (Å²) in [5.41, 5.74) is 0.544. The first-order valence-corrected chi connectivity index (χ1v) is 5.06. The summed E-state index contributed by atoms with van der Waals surface area (Å²) in [6.45, 7) is 7.11. The molecule has 0 aliphatic rings. The van der Waals surface area contributed by atoms with Crippen LogP contribution in [-0.4, -0.2) is 16.7 Å². The fourth-order valence-electron chi connectivity index (χ4n) is 1.16. The van der Waals surface area contributed by atoms with Gasteiger partial charge in [0, 0.05) is 0 Å². The second-order valence-electron chi connectivity index (χ2n) is 4.50. The third kappa shape index (κ3) is 3.20. The number of halogens is 1. The molecule has 0 saturated carbocycles. The fourth-order valence-corrected chi connectivity index (χ4v) is 1.16. The highest BCUT2D eigenvalue weighted by molar-refractivity contribution is 5.48. The summed E-state index contributed by atoms with van der Waals surface area (Å²) in [5, 5.41) is 12.7. The molecule has 0 spiro atoms. The molecule has 0 bridgehead atoms. The van der Waals surface area contributed by atoms with Crippen molar-refractivity contribution in [2.75, 3.05) is 5.32 Å². The van der Waals surface area contributed by atoms with Crippen molar-refractivity contribution in [2.45, 2.75) is 39.3 Å². The Bertz CT molecular complexity index is 344. The van der Waals surface area contributed by atoms with Gasteiger partial charge in [0.05, 0.1) is 17.3 Å². The summed E-state index contributed by atoms with van der Waals surface area (Å²) in [5.74, 6) is -0.295. The van der Waals surface area contributed by atoms with Crippen LogP contribution in [0.5, 0.6) is 0 Å². The number of aliphatic hydroxyl groups is 1. The Kier molecular flexibility index (Phi) is 3.35. The Hall–Kier alpha value is -1.09. The van der Waals surface area contributed by atoms with Gasteiger partial charge < -0.3 is 10.4 Å². The summed E-state index contributed by atoms with van der Waals surface area (Å²) in [6, 6.07) is 4.66. The van der Waals surface area contributed by atoms with E-state index in [-0.39, 0.29) is 11.9 Å². The maximum atomic E-state index is 13.4. The first kappa shape index (κ1) is 12.0. The van der Waals surface area contributed by atoms with Crippen LogP contribution < -0.4 is 5.32 Å². The van der Waals surface area contributed by atoms with Crippen LogP contribution in [0.1, 0.15) is 26.3 Å². The first-order chi connectivity index (χ1) is 6.80. The topological polar surface area (TPSA) is 32.3 Å². The van der Waals surface area contributed by atoms with E-state index >= 15 is 0 Å². The van der Waals surface area contributed by atoms with Crippen LogP contribution in [0.25, 0.3) is 0 Å². The number of benzene rings is 1. The largest absolute Gasteiger partial charge is 0.388 e. The minimum Gasteiger partial charge on any atom is -0.388 e. The summed E-state index contributed by atoms with van der Waals surface area (Å²) < 4.78 is 13.4. The van der Waals surface area contributed by atoms with Crippen LogP contribution in [0.15, 0.2) is 18.2 Å². The van der Waals surface area contributed by atoms with E-state index in [4.69, 9.17) is 0 Å². The number of rotatable bonds is 3. The molecule has 2 N–H and O–H groups in total. The smallest absolute Gasteiger partial charge is 0.146 e. The molecule has 15 heavy (non-hydrogen) atoms. The molecule has 0 radical (unpaired) electrons. The molecule has 3 heteroatoms. The predicted octanol–water partition coefficient (Wildman–Crippen LogP) is 2.71. The van der Waals surface area contributed by atoms with Gasteiger partial charge in [0.15, 0.2) is 0 Å². The third-order valence-electron chi connectivity index (χ3n) is 2.55. The third-order valence-corrected chi connectivity index (χ3v) is 2.55. The van der Waals surface area contributed by atoms with E-state index in [9.17, 15) is 9.50 Å². The Balaban J connectivity index is 2.85. The quantitative estimate of drug-likeness (QED) is 0.805. The van der Waals surface area contributed by atoms with Crippen molar-refractivity contribution in [2.24, 2.45) is 0 Å². The molecule has 0 aromatic heterocycles. The van der Waals surface area contributed by atoms with Crippen molar-refractivity contribution < 1.29 is 9.50 Å². The molecule has 84 valence electrons. The van der Waals surface area contributed by atoms with Gasteiger partial charge in [-0.2, -0.15) is 0 Å². The van der Waals surface area contributed by atoms with Gasteiger partial charge in [-0.05, 0) is 45.4 Å². The van der Waals surface area contributed by atoms with Crippen LogP contribution in [-0.2, 0) is 0 Å². The maximum Gasteiger partial charge on any atom is 0.146 e. The van der Waals surface area contributed by atoms with Crippen LogP contribution in [0.3, 0.4) is 0 Å². The molecule has 1 rings (SSSR count). The zero-order valence-corrected chi connectivity index (χ0v) is 9.63. The van der Waals surface area contributed by atoms with Crippen LogP contribution >= 0.6 is 0 Å². The van der Waals surface area contributed by atoms with E-state index in [2.05, 4.69) is 5.32 Å². The summed E-state index contributed by atoms with van der Waals surface area (Å²) >= 11 is 0. The molecule has 1 atom stereocenters. The Morgan fingerprint density at radius 3 is 2.53 bits per heavy atom. The second-order valence-corrected chi connectivity index (χ2v) is 4.50. The Labute approximate surface area is 90.1 Å². The van der Waals surface area contributed by atoms with Crippen LogP contribution in [0.2, 0.25) is 0 Å². The Morgan fingerprint density at radius 2 is 2.00 bits per heavy atom. The normalized spacial score (nSPS) is 13.7. The molecule has 1 aromatic rings. The summed E-state index contributed by atoms with van der Waals surface area (Å²) in [6.07, 6.45) is 0. The molecule has 1 aromatic carbocycles. The SMILES string of the molecule is Cc1ccc(F)c(NC(C)C(C)(C)O)c1. The molecular formula is C12H18FNO. The number of hydrogen-bond acceptors (Lipinski definition) is 2. The van der Waals surface area contributed by atoms with Crippen molar-refractivity contribution in [1.82, 2.24) is 0 Å². The van der Waals surface area contributed by atoms with Crippen LogP contribution in [0.4, 0.5) is 10.1 Å². The van der Waals surface area contributed by atoms with Gasteiger partial charge in [-0.15, -0.1) is 0 Å². The lowest BCUT2D eigenvalue weighted by atomic mass is 10.0. The van der Waals surface area contributed by atoms with Crippen molar-refractivity contribution in [3.63, 3.8) is 0 Å². The van der Waals surface area contributed by atoms with Gasteiger partial charge in [-0.1, -0.05) is 6.07 Å². The van der Waals surface area contributed by atoms with Gasteiger partial charge in [0.25, 0.3) is 0 Å². The highest BCUT2D eigenvalue weighted by Gasteiger charge is 2.22. The fraction of sp³-hybridized carbons (Fsp3) is 0.500. The molecule has 0 amide bonds. The van der Waals surface area contributed by atoms with E-state index in [0.29, 0.717) is 5.69 Å². The lowest BCUT2D eigenvalue weighted by Crippen LogP contribution is -2.39. The maximum absolute atomic E-state index is 13.4. The number of nitrogens with one attached hydrogen (secondary N) is 1. The number of hydrogen-bond donors (Lipinski definition) is 2. The van der Waals surface area contributed by atoms with Gasteiger partial charge in [0.2, 0.25) is 0 Å². The molecule has 0 saturated heterocycles. The van der Waals surface area contributed by atoms with Gasteiger partial charge >= 0.3 is 0 Å². The molecule has 1 unspecified atom stereocenters. The molecule has 0 fully saturated rings. The number of aryl methyl sites for hydroxylation is 1. The average Bonchev–Trinajstić information content (AvgIpc) is 2.09.